The monoisotopic (exact) mass is 149 g/mol. The van der Waals surface area contributed by atoms with E-state index in [9.17, 15) is 0 Å². The van der Waals surface area contributed by atoms with Gasteiger partial charge in [0, 0.05) is 27.8 Å². The van der Waals surface area contributed by atoms with E-state index in [1.165, 1.54) is 14.2 Å². The second-order valence-corrected chi connectivity index (χ2v) is 1.96. The third-order valence-electron chi connectivity index (χ3n) is 1.35. The van der Waals surface area contributed by atoms with Crippen LogP contribution in [0.2, 0.25) is 0 Å². The van der Waals surface area contributed by atoms with Crippen LogP contribution in [0.4, 0.5) is 0 Å². The van der Waals surface area contributed by atoms with Gasteiger partial charge in [0.15, 0.2) is 0 Å². The lowest BCUT2D eigenvalue weighted by Crippen LogP contribution is -2.44. The molecule has 0 aliphatic rings. The molecule has 0 atom stereocenters. The molecule has 0 aliphatic heterocycles. The van der Waals surface area contributed by atoms with Gasteiger partial charge in [0.25, 0.3) is 0 Å². The molecule has 0 unspecified atom stereocenters. The summed E-state index contributed by atoms with van der Waals surface area (Å²) < 4.78 is 14.5. The van der Waals surface area contributed by atoms with Gasteiger partial charge in [-0.25, -0.2) is 0 Å². The highest BCUT2D eigenvalue weighted by Gasteiger charge is 2.22. The molecule has 0 saturated carbocycles. The molecule has 0 fully saturated rings. The summed E-state index contributed by atoms with van der Waals surface area (Å²) in [6, 6.07) is 0. The fourth-order valence-electron chi connectivity index (χ4n) is 0.532. The molecule has 0 aromatic heterocycles. The van der Waals surface area contributed by atoms with Gasteiger partial charge in [-0.2, -0.15) is 0 Å². The molecule has 10 heavy (non-hydrogen) atoms. The van der Waals surface area contributed by atoms with Crippen LogP contribution in [0.5, 0.6) is 0 Å². The zero-order chi connectivity index (χ0) is 8.04. The summed E-state index contributed by atoms with van der Waals surface area (Å²) in [7, 11) is 4.60. The number of hydrogen-bond donors (Lipinski definition) is 1. The lowest BCUT2D eigenvalue weighted by atomic mass is 10.3. The van der Waals surface area contributed by atoms with Gasteiger partial charge >= 0.3 is 0 Å². The van der Waals surface area contributed by atoms with Gasteiger partial charge in [-0.1, -0.05) is 0 Å². The average Bonchev–Trinajstić information content (AvgIpc) is 2.00. The minimum atomic E-state index is -0.990. The molecule has 0 rings (SSSR count). The van der Waals surface area contributed by atoms with Crippen LogP contribution in [-0.4, -0.2) is 33.8 Å². The zero-order valence-electron chi connectivity index (χ0n) is 6.72. The summed E-state index contributed by atoms with van der Waals surface area (Å²) >= 11 is 0. The Morgan fingerprint density at radius 2 is 1.70 bits per heavy atom. The van der Waals surface area contributed by atoms with Crippen molar-refractivity contribution in [1.29, 1.82) is 0 Å². The van der Waals surface area contributed by atoms with E-state index in [-0.39, 0.29) is 0 Å². The van der Waals surface area contributed by atoms with E-state index in [0.717, 1.165) is 0 Å². The quantitative estimate of drug-likeness (QED) is 0.556. The molecule has 0 heterocycles. The molecular weight excluding hydrogens is 134 g/mol. The number of hydrogen-bond acceptors (Lipinski definition) is 4. The lowest BCUT2D eigenvalue weighted by Gasteiger charge is -2.25. The Kier molecular flexibility index (Phi) is 4.55. The van der Waals surface area contributed by atoms with Crippen molar-refractivity contribution < 1.29 is 14.2 Å². The van der Waals surface area contributed by atoms with Crippen molar-refractivity contribution in [2.45, 2.75) is 12.3 Å². The topological polar surface area (TPSA) is 53.7 Å². The van der Waals surface area contributed by atoms with Crippen molar-refractivity contribution in [2.75, 3.05) is 27.9 Å². The molecule has 4 nitrogen and oxygen atoms in total. The zero-order valence-corrected chi connectivity index (χ0v) is 6.72. The first kappa shape index (κ1) is 9.84. The molecule has 0 aromatic carbocycles. The Balaban J connectivity index is 3.58. The van der Waals surface area contributed by atoms with Crippen LogP contribution < -0.4 is 5.73 Å². The van der Waals surface area contributed by atoms with Gasteiger partial charge in [-0.05, 0) is 0 Å². The third-order valence-corrected chi connectivity index (χ3v) is 1.35. The molecule has 0 bridgehead atoms. The molecular formula is C6H15NO3. The Morgan fingerprint density at radius 3 is 2.00 bits per heavy atom. The predicted molar refractivity (Wildman–Crippen MR) is 37.4 cm³/mol. The first-order chi connectivity index (χ1) is 4.68. The highest BCUT2D eigenvalue weighted by Crippen LogP contribution is 2.07. The maximum Gasteiger partial charge on any atom is 0.226 e. The second kappa shape index (κ2) is 4.62. The first-order valence-electron chi connectivity index (χ1n) is 3.06. The summed E-state index contributed by atoms with van der Waals surface area (Å²) in [4.78, 5) is 0. The SMILES string of the molecule is COCCC(N)(OC)OC. The molecule has 0 spiro atoms. The summed E-state index contributed by atoms with van der Waals surface area (Å²) in [5.74, 6) is -0.990. The van der Waals surface area contributed by atoms with E-state index in [0.29, 0.717) is 13.0 Å². The molecule has 4 heteroatoms. The first-order valence-corrected chi connectivity index (χ1v) is 3.06. The van der Waals surface area contributed by atoms with Crippen molar-refractivity contribution in [3.05, 3.63) is 0 Å². The minimum absolute atomic E-state index is 0.524. The van der Waals surface area contributed by atoms with Crippen LogP contribution >= 0.6 is 0 Å². The fourth-order valence-corrected chi connectivity index (χ4v) is 0.532. The molecule has 0 radical (unpaired) electrons. The van der Waals surface area contributed by atoms with Crippen LogP contribution in [0.1, 0.15) is 6.42 Å². The van der Waals surface area contributed by atoms with Gasteiger partial charge in [-0.15, -0.1) is 0 Å². The molecule has 0 aromatic rings. The van der Waals surface area contributed by atoms with E-state index in [1.807, 2.05) is 0 Å². The average molecular weight is 149 g/mol. The highest BCUT2D eigenvalue weighted by molar-refractivity contribution is 4.57. The predicted octanol–water partition coefficient (Wildman–Crippen LogP) is -0.0718. The van der Waals surface area contributed by atoms with Crippen LogP contribution in [-0.2, 0) is 14.2 Å². The Labute approximate surface area is 61.2 Å². The maximum absolute atomic E-state index is 5.56. The van der Waals surface area contributed by atoms with E-state index in [4.69, 9.17) is 19.9 Å². The van der Waals surface area contributed by atoms with Crippen molar-refractivity contribution in [3.8, 4) is 0 Å². The van der Waals surface area contributed by atoms with Gasteiger partial charge in [-0.3, -0.25) is 5.73 Å². The van der Waals surface area contributed by atoms with Crippen molar-refractivity contribution >= 4 is 0 Å². The van der Waals surface area contributed by atoms with Gasteiger partial charge in [0.1, 0.15) is 0 Å². The molecule has 0 saturated heterocycles. The summed E-state index contributed by atoms with van der Waals surface area (Å²) in [5, 5.41) is 0. The standard InChI is InChI=1S/C6H15NO3/c1-8-5-4-6(7,9-2)10-3/h4-5,7H2,1-3H3. The molecule has 62 valence electrons. The summed E-state index contributed by atoms with van der Waals surface area (Å²) in [6.07, 6.45) is 0.524. The van der Waals surface area contributed by atoms with Crippen molar-refractivity contribution in [3.63, 3.8) is 0 Å². The minimum Gasteiger partial charge on any atom is -0.384 e. The normalized spacial score (nSPS) is 12.0. The smallest absolute Gasteiger partial charge is 0.226 e. The van der Waals surface area contributed by atoms with E-state index in [1.54, 1.807) is 7.11 Å². The second-order valence-electron chi connectivity index (χ2n) is 1.96. The van der Waals surface area contributed by atoms with E-state index >= 15 is 0 Å². The largest absolute Gasteiger partial charge is 0.384 e. The Morgan fingerprint density at radius 1 is 1.20 bits per heavy atom. The van der Waals surface area contributed by atoms with Crippen molar-refractivity contribution in [2.24, 2.45) is 5.73 Å². The number of ether oxygens (including phenoxy) is 3. The van der Waals surface area contributed by atoms with E-state index in [2.05, 4.69) is 0 Å². The highest BCUT2D eigenvalue weighted by atomic mass is 16.7. The number of methoxy groups -OCH3 is 3. The summed E-state index contributed by atoms with van der Waals surface area (Å²) in [5.41, 5.74) is 5.56. The van der Waals surface area contributed by atoms with Gasteiger partial charge in [0.2, 0.25) is 5.91 Å². The Bertz CT molecular complexity index is 83.1. The van der Waals surface area contributed by atoms with Crippen molar-refractivity contribution in [1.82, 2.24) is 0 Å². The maximum atomic E-state index is 5.56. The molecule has 0 aliphatic carbocycles. The molecule has 0 amide bonds. The van der Waals surface area contributed by atoms with Crippen LogP contribution in [0.3, 0.4) is 0 Å². The van der Waals surface area contributed by atoms with Crippen LogP contribution in [0.25, 0.3) is 0 Å². The lowest BCUT2D eigenvalue weighted by molar-refractivity contribution is -0.211. The fraction of sp³-hybridized carbons (Fsp3) is 1.00. The van der Waals surface area contributed by atoms with Gasteiger partial charge in [0.05, 0.1) is 6.61 Å². The number of rotatable bonds is 5. The number of nitrogens with two attached hydrogens (primary N) is 1. The third kappa shape index (κ3) is 3.12. The van der Waals surface area contributed by atoms with E-state index < -0.39 is 5.91 Å². The molecule has 2 N–H and O–H groups in total. The van der Waals surface area contributed by atoms with Gasteiger partial charge < -0.3 is 14.2 Å². The van der Waals surface area contributed by atoms with Crippen LogP contribution in [0.15, 0.2) is 0 Å². The van der Waals surface area contributed by atoms with Crippen LogP contribution in [0, 0.1) is 0 Å². The Hall–Kier alpha value is -0.160. The summed E-state index contributed by atoms with van der Waals surface area (Å²) in [6.45, 7) is 0.526.